The van der Waals surface area contributed by atoms with Gasteiger partial charge in [-0.2, -0.15) is 0 Å². The number of nitrogens with zero attached hydrogens (tertiary/aromatic N) is 2. The lowest BCUT2D eigenvalue weighted by Crippen LogP contribution is -2.28. The van der Waals surface area contributed by atoms with Crippen molar-refractivity contribution in [1.82, 2.24) is 10.4 Å². The predicted octanol–water partition coefficient (Wildman–Crippen LogP) is 0.812. The first-order valence-corrected chi connectivity index (χ1v) is 3.50. The van der Waals surface area contributed by atoms with Gasteiger partial charge in [0.1, 0.15) is 0 Å². The average molecular weight is 153 g/mol. The third-order valence-corrected chi connectivity index (χ3v) is 1.30. The zero-order valence-electron chi connectivity index (χ0n) is 7.39. The molecule has 0 amide bonds. The van der Waals surface area contributed by atoms with Crippen LogP contribution < -0.4 is 5.43 Å². The van der Waals surface area contributed by atoms with Crippen LogP contribution >= 0.6 is 0 Å². The van der Waals surface area contributed by atoms with Gasteiger partial charge in [0, 0.05) is 20.0 Å². The van der Waals surface area contributed by atoms with Crippen LogP contribution in [-0.2, 0) is 0 Å². The fourth-order valence-corrected chi connectivity index (χ4v) is 0.467. The summed E-state index contributed by atoms with van der Waals surface area (Å²) in [6, 6.07) is 0. The smallest absolute Gasteiger partial charge is 0.0866 e. The highest BCUT2D eigenvalue weighted by Crippen LogP contribution is 1.87. The SMILES string of the molecule is C=CCN=C=C(C)N(C)NC. The maximum Gasteiger partial charge on any atom is 0.0866 e. The van der Waals surface area contributed by atoms with Crippen molar-refractivity contribution in [2.45, 2.75) is 6.92 Å². The molecule has 0 rings (SSSR count). The number of hydrogen-bond acceptors (Lipinski definition) is 3. The number of rotatable bonds is 4. The zero-order chi connectivity index (χ0) is 8.69. The Bertz CT molecular complexity index is 178. The summed E-state index contributed by atoms with van der Waals surface area (Å²) in [4.78, 5) is 3.97. The molecule has 0 aliphatic carbocycles. The first-order valence-electron chi connectivity index (χ1n) is 3.50. The lowest BCUT2D eigenvalue weighted by molar-refractivity contribution is 0.338. The summed E-state index contributed by atoms with van der Waals surface area (Å²) in [5.74, 6) is 2.87. The van der Waals surface area contributed by atoms with Crippen LogP contribution in [-0.4, -0.2) is 31.5 Å². The second kappa shape index (κ2) is 5.71. The van der Waals surface area contributed by atoms with Gasteiger partial charge in [0.25, 0.3) is 0 Å². The van der Waals surface area contributed by atoms with Crippen molar-refractivity contribution < 1.29 is 0 Å². The minimum Gasteiger partial charge on any atom is -0.307 e. The summed E-state index contributed by atoms with van der Waals surface area (Å²) in [5.41, 5.74) is 3.89. The third-order valence-electron chi connectivity index (χ3n) is 1.30. The minimum absolute atomic E-state index is 0.620. The van der Waals surface area contributed by atoms with Crippen LogP contribution in [0.3, 0.4) is 0 Å². The van der Waals surface area contributed by atoms with Crippen molar-refractivity contribution in [3.63, 3.8) is 0 Å². The van der Waals surface area contributed by atoms with Crippen LogP contribution in [0.2, 0.25) is 0 Å². The van der Waals surface area contributed by atoms with Crippen LogP contribution in [0.15, 0.2) is 23.3 Å². The Morgan fingerprint density at radius 2 is 2.45 bits per heavy atom. The van der Waals surface area contributed by atoms with E-state index in [4.69, 9.17) is 0 Å². The van der Waals surface area contributed by atoms with Gasteiger partial charge in [-0.05, 0) is 6.92 Å². The van der Waals surface area contributed by atoms with Gasteiger partial charge in [0.05, 0.1) is 12.2 Å². The van der Waals surface area contributed by atoms with Gasteiger partial charge in [0.2, 0.25) is 0 Å². The van der Waals surface area contributed by atoms with Crippen molar-refractivity contribution in [2.75, 3.05) is 20.6 Å². The largest absolute Gasteiger partial charge is 0.307 e. The van der Waals surface area contributed by atoms with E-state index in [1.165, 1.54) is 0 Å². The lowest BCUT2D eigenvalue weighted by atomic mass is 10.5. The Kier molecular flexibility index (Phi) is 5.17. The van der Waals surface area contributed by atoms with Gasteiger partial charge in [0.15, 0.2) is 0 Å². The fourth-order valence-electron chi connectivity index (χ4n) is 0.467. The van der Waals surface area contributed by atoms with E-state index in [1.807, 2.05) is 26.0 Å². The molecule has 0 saturated carbocycles. The molecule has 0 aromatic heterocycles. The van der Waals surface area contributed by atoms with Gasteiger partial charge in [-0.3, -0.25) is 0 Å². The Hall–Kier alpha value is -1.05. The summed E-state index contributed by atoms with van der Waals surface area (Å²) in [6.07, 6.45) is 1.74. The molecule has 3 heteroatoms. The molecule has 0 unspecified atom stereocenters. The van der Waals surface area contributed by atoms with Crippen molar-refractivity contribution in [3.05, 3.63) is 18.4 Å². The van der Waals surface area contributed by atoms with Gasteiger partial charge >= 0.3 is 0 Å². The Balaban J connectivity index is 4.07. The predicted molar refractivity (Wildman–Crippen MR) is 48.5 cm³/mol. The maximum absolute atomic E-state index is 3.97. The monoisotopic (exact) mass is 153 g/mol. The number of hydrazine groups is 1. The highest BCUT2D eigenvalue weighted by atomic mass is 15.5. The van der Waals surface area contributed by atoms with E-state index in [0.29, 0.717) is 6.54 Å². The number of nitrogens with one attached hydrogen (secondary N) is 1. The summed E-state index contributed by atoms with van der Waals surface area (Å²) in [6.45, 7) is 6.10. The molecule has 0 aliphatic rings. The van der Waals surface area contributed by atoms with E-state index in [9.17, 15) is 0 Å². The normalized spacial score (nSPS) is 8.27. The molecule has 3 nitrogen and oxygen atoms in total. The highest BCUT2D eigenvalue weighted by Gasteiger charge is 1.90. The molecule has 0 bridgehead atoms. The number of allylic oxidation sites excluding steroid dienone is 1. The first-order chi connectivity index (χ1) is 5.22. The van der Waals surface area contributed by atoms with Crippen LogP contribution in [0.4, 0.5) is 0 Å². The van der Waals surface area contributed by atoms with Gasteiger partial charge in [-0.1, -0.05) is 6.08 Å². The summed E-state index contributed by atoms with van der Waals surface area (Å²) in [7, 11) is 3.75. The van der Waals surface area contributed by atoms with E-state index < -0.39 is 0 Å². The molecular weight excluding hydrogens is 138 g/mol. The molecule has 0 spiro atoms. The Morgan fingerprint density at radius 3 is 2.91 bits per heavy atom. The number of aliphatic imine (C=N–C) groups is 1. The molecule has 0 saturated heterocycles. The fraction of sp³-hybridized carbons (Fsp3) is 0.500. The molecule has 1 N–H and O–H groups in total. The number of hydrogen-bond donors (Lipinski definition) is 1. The summed E-state index contributed by atoms with van der Waals surface area (Å²) < 4.78 is 0. The van der Waals surface area contributed by atoms with E-state index >= 15 is 0 Å². The topological polar surface area (TPSA) is 27.6 Å². The molecule has 0 heterocycles. The Labute approximate surface area is 68.1 Å². The third kappa shape index (κ3) is 4.37. The molecule has 0 fully saturated rings. The van der Waals surface area contributed by atoms with E-state index in [1.54, 1.807) is 6.08 Å². The molecule has 62 valence electrons. The van der Waals surface area contributed by atoms with Gasteiger partial charge in [-0.25, -0.2) is 10.4 Å². The minimum atomic E-state index is 0.620. The zero-order valence-corrected chi connectivity index (χ0v) is 7.39. The molecular formula is C8H15N3. The summed E-state index contributed by atoms with van der Waals surface area (Å²) in [5, 5.41) is 1.84. The van der Waals surface area contributed by atoms with Crippen LogP contribution in [0, 0.1) is 0 Å². The molecule has 0 radical (unpaired) electrons. The van der Waals surface area contributed by atoms with Crippen molar-refractivity contribution in [2.24, 2.45) is 4.99 Å². The van der Waals surface area contributed by atoms with E-state index in [0.717, 1.165) is 5.70 Å². The standard InChI is InChI=1S/C8H15N3/c1-5-6-10-7-8(2)11(4)9-3/h5,9H,1,6H2,2-4H3. The molecule has 0 aromatic rings. The molecule has 0 aromatic carbocycles. The first kappa shape index (κ1) is 9.95. The van der Waals surface area contributed by atoms with Gasteiger partial charge in [-0.15, -0.1) is 6.58 Å². The Morgan fingerprint density at radius 1 is 1.82 bits per heavy atom. The highest BCUT2D eigenvalue weighted by molar-refractivity contribution is 5.56. The van der Waals surface area contributed by atoms with Crippen molar-refractivity contribution in [1.29, 1.82) is 0 Å². The second-order valence-electron chi connectivity index (χ2n) is 2.11. The summed E-state index contributed by atoms with van der Waals surface area (Å²) >= 11 is 0. The second-order valence-corrected chi connectivity index (χ2v) is 2.11. The lowest BCUT2D eigenvalue weighted by Gasteiger charge is -2.14. The van der Waals surface area contributed by atoms with Gasteiger partial charge < -0.3 is 5.01 Å². The molecule has 0 aliphatic heterocycles. The van der Waals surface area contributed by atoms with Crippen LogP contribution in [0.1, 0.15) is 6.92 Å². The van der Waals surface area contributed by atoms with Crippen molar-refractivity contribution in [3.8, 4) is 0 Å². The molecule has 0 atom stereocenters. The quantitative estimate of drug-likeness (QED) is 0.368. The van der Waals surface area contributed by atoms with E-state index in [2.05, 4.69) is 22.9 Å². The molecule has 11 heavy (non-hydrogen) atoms. The average Bonchev–Trinajstić information content (AvgIpc) is 2.03. The van der Waals surface area contributed by atoms with Crippen LogP contribution in [0.25, 0.3) is 0 Å². The van der Waals surface area contributed by atoms with E-state index in [-0.39, 0.29) is 0 Å². The maximum atomic E-state index is 3.97. The van der Waals surface area contributed by atoms with Crippen molar-refractivity contribution >= 4 is 5.87 Å². The van der Waals surface area contributed by atoms with Crippen LogP contribution in [0.5, 0.6) is 0 Å².